The van der Waals surface area contributed by atoms with Gasteiger partial charge in [0.15, 0.2) is 5.38 Å². The first-order valence-corrected chi connectivity index (χ1v) is 6.36. The van der Waals surface area contributed by atoms with E-state index in [1.807, 2.05) is 30.3 Å². The summed E-state index contributed by atoms with van der Waals surface area (Å²) >= 11 is 6.09. The molecule has 94 valence electrons. The van der Waals surface area contributed by atoms with Crippen LogP contribution in [0.15, 0.2) is 36.4 Å². The first-order chi connectivity index (χ1) is 8.61. The second kappa shape index (κ2) is 5.40. The minimum Gasteiger partial charge on any atom is -0.465 e. The van der Waals surface area contributed by atoms with E-state index in [2.05, 4.69) is 13.0 Å². The highest BCUT2D eigenvalue weighted by Gasteiger charge is 2.18. The highest BCUT2D eigenvalue weighted by molar-refractivity contribution is 6.30. The third kappa shape index (κ3) is 2.65. The van der Waals surface area contributed by atoms with Crippen LogP contribution in [0.1, 0.15) is 23.4 Å². The monoisotopic (exact) mass is 262 g/mol. The molecular weight excluding hydrogens is 248 g/mol. The van der Waals surface area contributed by atoms with Crippen LogP contribution in [0, 0.1) is 6.92 Å². The van der Waals surface area contributed by atoms with Crippen LogP contribution in [0.5, 0.6) is 0 Å². The van der Waals surface area contributed by atoms with E-state index >= 15 is 0 Å². The Morgan fingerprint density at radius 1 is 1.22 bits per heavy atom. The van der Waals surface area contributed by atoms with E-state index in [9.17, 15) is 4.79 Å². The summed E-state index contributed by atoms with van der Waals surface area (Å²) in [5, 5.41) is 1.48. The van der Waals surface area contributed by atoms with Crippen LogP contribution in [0.4, 0.5) is 0 Å². The van der Waals surface area contributed by atoms with Gasteiger partial charge in [-0.05, 0) is 36.2 Å². The fourth-order valence-corrected chi connectivity index (χ4v) is 2.09. The van der Waals surface area contributed by atoms with Gasteiger partial charge in [-0.2, -0.15) is 0 Å². The van der Waals surface area contributed by atoms with Gasteiger partial charge in [-0.1, -0.05) is 35.9 Å². The molecule has 1 unspecified atom stereocenters. The first-order valence-electron chi connectivity index (χ1n) is 5.93. The molecule has 0 bridgehead atoms. The molecule has 2 nitrogen and oxygen atoms in total. The number of ether oxygens (including phenoxy) is 1. The molecule has 0 aliphatic carbocycles. The number of fused-ring (bicyclic) bond motifs is 1. The summed E-state index contributed by atoms with van der Waals surface area (Å²) in [7, 11) is 0. The van der Waals surface area contributed by atoms with Gasteiger partial charge in [0.2, 0.25) is 0 Å². The van der Waals surface area contributed by atoms with Gasteiger partial charge < -0.3 is 4.74 Å². The van der Waals surface area contributed by atoms with Gasteiger partial charge in [0.25, 0.3) is 0 Å². The van der Waals surface area contributed by atoms with Crippen LogP contribution >= 0.6 is 11.6 Å². The number of benzene rings is 2. The average molecular weight is 263 g/mol. The lowest BCUT2D eigenvalue weighted by Gasteiger charge is -2.10. The summed E-state index contributed by atoms with van der Waals surface area (Å²) in [4.78, 5) is 11.6. The maximum Gasteiger partial charge on any atom is 0.328 e. The van der Waals surface area contributed by atoms with E-state index in [4.69, 9.17) is 16.3 Å². The van der Waals surface area contributed by atoms with Crippen LogP contribution in [-0.4, -0.2) is 12.6 Å². The molecule has 0 amide bonds. The summed E-state index contributed by atoms with van der Waals surface area (Å²) in [6.07, 6.45) is 0. The summed E-state index contributed by atoms with van der Waals surface area (Å²) in [6.45, 7) is 4.16. The Bertz CT molecular complexity index is 578. The number of hydrogen-bond donors (Lipinski definition) is 0. The van der Waals surface area contributed by atoms with Crippen molar-refractivity contribution in [2.75, 3.05) is 6.61 Å². The van der Waals surface area contributed by atoms with Gasteiger partial charge in [0, 0.05) is 0 Å². The molecule has 0 aliphatic heterocycles. The molecule has 0 aromatic heterocycles. The Morgan fingerprint density at radius 2 is 1.89 bits per heavy atom. The van der Waals surface area contributed by atoms with Crippen LogP contribution in [0.3, 0.4) is 0 Å². The van der Waals surface area contributed by atoms with Gasteiger partial charge in [-0.25, -0.2) is 0 Å². The van der Waals surface area contributed by atoms with Crippen molar-refractivity contribution >= 4 is 28.3 Å². The van der Waals surface area contributed by atoms with E-state index in [-0.39, 0.29) is 0 Å². The highest BCUT2D eigenvalue weighted by Crippen LogP contribution is 2.26. The van der Waals surface area contributed by atoms with Crippen molar-refractivity contribution in [3.8, 4) is 0 Å². The van der Waals surface area contributed by atoms with Crippen LogP contribution < -0.4 is 0 Å². The van der Waals surface area contributed by atoms with E-state index in [1.54, 1.807) is 6.92 Å². The standard InChI is InChI=1S/C15H15ClO2/c1-3-18-15(17)14(16)13-7-6-11-8-10(2)4-5-12(11)9-13/h4-9,14H,3H2,1-2H3. The molecule has 0 aliphatic rings. The van der Waals surface area contributed by atoms with Crippen molar-refractivity contribution in [3.05, 3.63) is 47.5 Å². The first kappa shape index (κ1) is 12.9. The third-order valence-electron chi connectivity index (χ3n) is 2.81. The number of aryl methyl sites for hydroxylation is 1. The molecule has 1 atom stereocenters. The number of halogens is 1. The average Bonchev–Trinajstić information content (AvgIpc) is 2.37. The second-order valence-corrected chi connectivity index (χ2v) is 4.66. The molecule has 2 aromatic carbocycles. The van der Waals surface area contributed by atoms with Crippen molar-refractivity contribution in [3.63, 3.8) is 0 Å². The Balaban J connectivity index is 2.35. The zero-order chi connectivity index (χ0) is 13.1. The molecule has 2 aromatic rings. The number of carbonyl (C=O) groups excluding carboxylic acids is 1. The molecule has 0 radical (unpaired) electrons. The molecule has 0 fully saturated rings. The molecule has 18 heavy (non-hydrogen) atoms. The number of carbonyl (C=O) groups is 1. The second-order valence-electron chi connectivity index (χ2n) is 4.22. The number of esters is 1. The Morgan fingerprint density at radius 3 is 2.61 bits per heavy atom. The zero-order valence-corrected chi connectivity index (χ0v) is 11.2. The number of alkyl halides is 1. The van der Waals surface area contributed by atoms with E-state index in [1.165, 1.54) is 5.56 Å². The maximum atomic E-state index is 11.6. The Labute approximate surface area is 112 Å². The van der Waals surface area contributed by atoms with E-state index in [0.717, 1.165) is 16.3 Å². The van der Waals surface area contributed by atoms with Gasteiger partial charge in [0.05, 0.1) is 6.61 Å². The SMILES string of the molecule is CCOC(=O)C(Cl)c1ccc2cc(C)ccc2c1. The molecule has 3 heteroatoms. The molecule has 0 N–H and O–H groups in total. The molecule has 0 saturated carbocycles. The minimum atomic E-state index is -0.740. The van der Waals surface area contributed by atoms with Crippen molar-refractivity contribution in [2.45, 2.75) is 19.2 Å². The van der Waals surface area contributed by atoms with Crippen LogP contribution in [-0.2, 0) is 9.53 Å². The van der Waals surface area contributed by atoms with Crippen LogP contribution in [0.2, 0.25) is 0 Å². The van der Waals surface area contributed by atoms with Gasteiger partial charge in [-0.3, -0.25) is 4.79 Å². The highest BCUT2D eigenvalue weighted by atomic mass is 35.5. The minimum absolute atomic E-state index is 0.342. The predicted octanol–water partition coefficient (Wildman–Crippen LogP) is 3.99. The lowest BCUT2D eigenvalue weighted by Crippen LogP contribution is -2.10. The van der Waals surface area contributed by atoms with Crippen LogP contribution in [0.25, 0.3) is 10.8 Å². The lowest BCUT2D eigenvalue weighted by molar-refractivity contribution is -0.142. The van der Waals surface area contributed by atoms with E-state index < -0.39 is 11.3 Å². The summed E-state index contributed by atoms with van der Waals surface area (Å²) < 4.78 is 4.92. The smallest absolute Gasteiger partial charge is 0.328 e. The van der Waals surface area contributed by atoms with E-state index in [0.29, 0.717) is 6.61 Å². The van der Waals surface area contributed by atoms with Gasteiger partial charge in [-0.15, -0.1) is 11.6 Å². The molecule has 0 heterocycles. The molecular formula is C15H15ClO2. The lowest BCUT2D eigenvalue weighted by atomic mass is 10.0. The molecule has 2 rings (SSSR count). The van der Waals surface area contributed by atoms with Crippen molar-refractivity contribution in [1.29, 1.82) is 0 Å². The van der Waals surface area contributed by atoms with Crippen molar-refractivity contribution in [1.82, 2.24) is 0 Å². The summed E-state index contributed by atoms with van der Waals surface area (Å²) in [6, 6.07) is 12.0. The normalized spacial score (nSPS) is 12.4. The summed E-state index contributed by atoms with van der Waals surface area (Å²) in [5.74, 6) is -0.398. The Kier molecular flexibility index (Phi) is 3.87. The quantitative estimate of drug-likeness (QED) is 0.618. The third-order valence-corrected chi connectivity index (χ3v) is 3.24. The largest absolute Gasteiger partial charge is 0.465 e. The van der Waals surface area contributed by atoms with Gasteiger partial charge >= 0.3 is 5.97 Å². The number of rotatable bonds is 3. The topological polar surface area (TPSA) is 26.3 Å². The maximum absolute atomic E-state index is 11.6. The molecule has 0 spiro atoms. The fraction of sp³-hybridized carbons (Fsp3) is 0.267. The van der Waals surface area contributed by atoms with Crippen molar-refractivity contribution < 1.29 is 9.53 Å². The number of hydrogen-bond acceptors (Lipinski definition) is 2. The molecule has 0 saturated heterocycles. The summed E-state index contributed by atoms with van der Waals surface area (Å²) in [5.41, 5.74) is 1.98. The van der Waals surface area contributed by atoms with Crippen molar-refractivity contribution in [2.24, 2.45) is 0 Å². The zero-order valence-electron chi connectivity index (χ0n) is 10.4. The van der Waals surface area contributed by atoms with Gasteiger partial charge in [0.1, 0.15) is 0 Å². The fourth-order valence-electron chi connectivity index (χ4n) is 1.89. The Hall–Kier alpha value is -1.54. The predicted molar refractivity (Wildman–Crippen MR) is 73.9 cm³/mol.